The molecule has 0 aliphatic carbocycles. The number of methoxy groups -OCH3 is 1. The van der Waals surface area contributed by atoms with E-state index in [1.807, 2.05) is 89.2 Å². The van der Waals surface area contributed by atoms with Gasteiger partial charge in [0, 0.05) is 18.5 Å². The molecule has 4 aromatic rings. The second kappa shape index (κ2) is 14.6. The Morgan fingerprint density at radius 3 is 2.02 bits per heavy atom. The number of amides is 2. The van der Waals surface area contributed by atoms with Crippen LogP contribution in [0, 0.1) is 13.8 Å². The number of aryl methyl sites for hydroxylation is 2. The number of benzene rings is 4. The molecular formula is C37H43N3O5S. The summed E-state index contributed by atoms with van der Waals surface area (Å²) in [4.78, 5) is 30.1. The molecule has 4 aromatic carbocycles. The maximum absolute atomic E-state index is 14.6. The molecule has 1 atom stereocenters. The molecule has 242 valence electrons. The largest absolute Gasteiger partial charge is 0.497 e. The molecule has 0 bridgehead atoms. The first-order valence-corrected chi connectivity index (χ1v) is 16.7. The minimum absolute atomic E-state index is 0.0539. The lowest BCUT2D eigenvalue weighted by Crippen LogP contribution is -2.56. The summed E-state index contributed by atoms with van der Waals surface area (Å²) in [7, 11) is -2.66. The molecule has 0 aromatic heterocycles. The number of rotatable bonds is 12. The molecule has 1 N–H and O–H groups in total. The summed E-state index contributed by atoms with van der Waals surface area (Å²) < 4.78 is 34.8. The van der Waals surface area contributed by atoms with Crippen LogP contribution in [0.2, 0.25) is 0 Å². The fourth-order valence-corrected chi connectivity index (χ4v) is 6.54. The van der Waals surface area contributed by atoms with E-state index in [1.54, 1.807) is 36.4 Å². The summed E-state index contributed by atoms with van der Waals surface area (Å²) >= 11 is 0. The molecule has 9 heteroatoms. The molecule has 0 radical (unpaired) electrons. The van der Waals surface area contributed by atoms with Crippen LogP contribution in [0.3, 0.4) is 0 Å². The van der Waals surface area contributed by atoms with Crippen molar-refractivity contribution in [1.82, 2.24) is 10.2 Å². The van der Waals surface area contributed by atoms with E-state index in [4.69, 9.17) is 4.74 Å². The van der Waals surface area contributed by atoms with Crippen molar-refractivity contribution >= 4 is 27.5 Å². The van der Waals surface area contributed by atoms with Crippen molar-refractivity contribution < 1.29 is 22.7 Å². The Hall–Kier alpha value is -4.63. The average molecular weight is 642 g/mol. The van der Waals surface area contributed by atoms with Gasteiger partial charge in [-0.15, -0.1) is 0 Å². The monoisotopic (exact) mass is 641 g/mol. The number of hydrogen-bond donors (Lipinski definition) is 1. The van der Waals surface area contributed by atoms with Crippen molar-refractivity contribution in [3.05, 3.63) is 125 Å². The number of nitrogens with one attached hydrogen (secondary N) is 1. The van der Waals surface area contributed by atoms with Crippen molar-refractivity contribution in [2.75, 3.05) is 18.0 Å². The van der Waals surface area contributed by atoms with Gasteiger partial charge < -0.3 is 15.0 Å². The maximum Gasteiger partial charge on any atom is 0.264 e. The third-order valence-corrected chi connectivity index (χ3v) is 9.24. The van der Waals surface area contributed by atoms with E-state index in [2.05, 4.69) is 5.32 Å². The molecular weight excluding hydrogens is 598 g/mol. The van der Waals surface area contributed by atoms with Gasteiger partial charge in [-0.05, 0) is 82.1 Å². The maximum atomic E-state index is 14.6. The minimum Gasteiger partial charge on any atom is -0.497 e. The van der Waals surface area contributed by atoms with Crippen LogP contribution in [0.25, 0.3) is 0 Å². The number of anilines is 1. The SMILES string of the molecule is COc1ccc(N(CC(=O)N(Cc2cccc(C)c2)[C@H](Cc2ccccc2)C(=O)NC(C)(C)C)S(=O)(=O)c2ccc(C)cc2)cc1. The van der Waals surface area contributed by atoms with Crippen LogP contribution in [0.4, 0.5) is 5.69 Å². The van der Waals surface area contributed by atoms with Gasteiger partial charge in [0.05, 0.1) is 17.7 Å². The smallest absolute Gasteiger partial charge is 0.264 e. The van der Waals surface area contributed by atoms with Crippen LogP contribution >= 0.6 is 0 Å². The van der Waals surface area contributed by atoms with Gasteiger partial charge in [0.1, 0.15) is 18.3 Å². The zero-order valence-electron chi connectivity index (χ0n) is 27.4. The molecule has 0 unspecified atom stereocenters. The van der Waals surface area contributed by atoms with Crippen molar-refractivity contribution in [2.24, 2.45) is 0 Å². The normalized spacial score (nSPS) is 12.2. The van der Waals surface area contributed by atoms with E-state index >= 15 is 0 Å². The van der Waals surface area contributed by atoms with Gasteiger partial charge in [-0.2, -0.15) is 0 Å². The predicted molar refractivity (Wildman–Crippen MR) is 182 cm³/mol. The molecule has 0 spiro atoms. The van der Waals surface area contributed by atoms with Crippen molar-refractivity contribution in [2.45, 2.75) is 64.1 Å². The zero-order chi connectivity index (χ0) is 33.5. The number of hydrogen-bond acceptors (Lipinski definition) is 5. The highest BCUT2D eigenvalue weighted by Crippen LogP contribution is 2.27. The van der Waals surface area contributed by atoms with Crippen LogP contribution in [0.5, 0.6) is 5.75 Å². The number of carbonyl (C=O) groups excluding carboxylic acids is 2. The lowest BCUT2D eigenvalue weighted by atomic mass is 10.0. The van der Waals surface area contributed by atoms with Gasteiger partial charge in [0.2, 0.25) is 11.8 Å². The summed E-state index contributed by atoms with van der Waals surface area (Å²) in [6, 6.07) is 29.3. The average Bonchev–Trinajstić information content (AvgIpc) is 3.01. The van der Waals surface area contributed by atoms with Gasteiger partial charge in [0.25, 0.3) is 10.0 Å². The first-order valence-electron chi connectivity index (χ1n) is 15.2. The molecule has 46 heavy (non-hydrogen) atoms. The first kappa shape index (κ1) is 34.2. The molecule has 0 aliphatic heterocycles. The van der Waals surface area contributed by atoms with E-state index < -0.39 is 34.1 Å². The highest BCUT2D eigenvalue weighted by atomic mass is 32.2. The lowest BCUT2D eigenvalue weighted by molar-refractivity contribution is -0.140. The Labute approximate surface area is 273 Å². The third kappa shape index (κ3) is 8.97. The van der Waals surface area contributed by atoms with Crippen LogP contribution in [-0.2, 0) is 32.6 Å². The number of nitrogens with zero attached hydrogens (tertiary/aromatic N) is 2. The minimum atomic E-state index is -4.19. The molecule has 0 aliphatic rings. The second-order valence-electron chi connectivity index (χ2n) is 12.5. The molecule has 0 heterocycles. The summed E-state index contributed by atoms with van der Waals surface area (Å²) in [6.07, 6.45) is 0.244. The first-order chi connectivity index (χ1) is 21.8. The number of sulfonamides is 1. The highest BCUT2D eigenvalue weighted by Gasteiger charge is 2.35. The molecule has 2 amide bonds. The molecule has 0 saturated carbocycles. The number of ether oxygens (including phenoxy) is 1. The fourth-order valence-electron chi connectivity index (χ4n) is 5.13. The van der Waals surface area contributed by atoms with E-state index in [0.717, 1.165) is 26.6 Å². The Kier molecular flexibility index (Phi) is 10.9. The van der Waals surface area contributed by atoms with Crippen LogP contribution in [0.1, 0.15) is 43.0 Å². The van der Waals surface area contributed by atoms with Crippen LogP contribution in [0.15, 0.2) is 108 Å². The summed E-state index contributed by atoms with van der Waals surface area (Å²) in [5, 5.41) is 3.05. The van der Waals surface area contributed by atoms with Gasteiger partial charge in [0.15, 0.2) is 0 Å². The predicted octanol–water partition coefficient (Wildman–Crippen LogP) is 6.06. The van der Waals surface area contributed by atoms with E-state index in [0.29, 0.717) is 11.4 Å². The highest BCUT2D eigenvalue weighted by molar-refractivity contribution is 7.92. The van der Waals surface area contributed by atoms with E-state index in [1.165, 1.54) is 24.1 Å². The Morgan fingerprint density at radius 2 is 1.43 bits per heavy atom. The number of carbonyl (C=O) groups is 2. The molecule has 0 fully saturated rings. The molecule has 4 rings (SSSR count). The van der Waals surface area contributed by atoms with Crippen LogP contribution < -0.4 is 14.4 Å². The quantitative estimate of drug-likeness (QED) is 0.203. The Morgan fingerprint density at radius 1 is 0.804 bits per heavy atom. The standard InChI is InChI=1S/C37H43N3O5S/c1-27-15-21-33(22-16-27)46(43,44)40(31-17-19-32(45-6)20-18-31)26-35(41)39(25-30-14-10-11-28(2)23-30)34(36(42)38-37(3,4)5)24-29-12-8-7-9-13-29/h7-23,34H,24-26H2,1-6H3,(H,38,42)/t34-/m1/s1. The van der Waals surface area contributed by atoms with Gasteiger partial charge in [-0.25, -0.2) is 8.42 Å². The van der Waals surface area contributed by atoms with Gasteiger partial charge in [-0.3, -0.25) is 13.9 Å². The van der Waals surface area contributed by atoms with Crippen LogP contribution in [-0.4, -0.2) is 50.4 Å². The summed E-state index contributed by atoms with van der Waals surface area (Å²) in [5.74, 6) is -0.293. The third-order valence-electron chi connectivity index (χ3n) is 7.45. The van der Waals surface area contributed by atoms with Gasteiger partial charge in [-0.1, -0.05) is 77.9 Å². The van der Waals surface area contributed by atoms with E-state index in [9.17, 15) is 18.0 Å². The summed E-state index contributed by atoms with van der Waals surface area (Å²) in [6.45, 7) is 9.08. The second-order valence-corrected chi connectivity index (χ2v) is 14.3. The Bertz CT molecular complexity index is 1730. The lowest BCUT2D eigenvalue weighted by Gasteiger charge is -2.35. The molecule has 8 nitrogen and oxygen atoms in total. The van der Waals surface area contributed by atoms with Crippen molar-refractivity contribution in [1.29, 1.82) is 0 Å². The van der Waals surface area contributed by atoms with Crippen molar-refractivity contribution in [3.63, 3.8) is 0 Å². The molecule has 0 saturated heterocycles. The topological polar surface area (TPSA) is 96.0 Å². The zero-order valence-corrected chi connectivity index (χ0v) is 28.2. The van der Waals surface area contributed by atoms with Crippen molar-refractivity contribution in [3.8, 4) is 5.75 Å². The Balaban J connectivity index is 1.82. The summed E-state index contributed by atoms with van der Waals surface area (Å²) in [5.41, 5.74) is 3.34. The van der Waals surface area contributed by atoms with E-state index in [-0.39, 0.29) is 23.8 Å². The van der Waals surface area contributed by atoms with Gasteiger partial charge >= 0.3 is 0 Å². The fraction of sp³-hybridized carbons (Fsp3) is 0.297.